The molecule has 2 atom stereocenters. The van der Waals surface area contributed by atoms with E-state index >= 15 is 0 Å². The number of aromatic nitrogens is 2. The first kappa shape index (κ1) is 16.6. The number of carbonyl (C=O) groups is 1. The van der Waals surface area contributed by atoms with Gasteiger partial charge in [-0.25, -0.2) is 9.78 Å². The van der Waals surface area contributed by atoms with Crippen molar-refractivity contribution in [1.82, 2.24) is 20.2 Å². The number of aryl methyl sites for hydroxylation is 1. The third kappa shape index (κ3) is 3.18. The Hall–Kier alpha value is -1.85. The second-order valence-corrected chi connectivity index (χ2v) is 7.78. The second-order valence-electron chi connectivity index (χ2n) is 7.78. The largest absolute Gasteiger partial charge is 0.335 e. The third-order valence-electron chi connectivity index (χ3n) is 6.14. The quantitative estimate of drug-likeness (QED) is 0.864. The lowest BCUT2D eigenvalue weighted by molar-refractivity contribution is 0.167. The molecule has 25 heavy (non-hydrogen) atoms. The first-order valence-corrected chi connectivity index (χ1v) is 9.85. The lowest BCUT2D eigenvalue weighted by Gasteiger charge is -2.31. The van der Waals surface area contributed by atoms with Crippen molar-refractivity contribution < 1.29 is 4.79 Å². The minimum atomic E-state index is -0.0120. The van der Waals surface area contributed by atoms with Crippen LogP contribution in [0.5, 0.6) is 0 Å². The minimum Gasteiger partial charge on any atom is -0.335 e. The molecule has 3 aliphatic rings. The molecular weight excluding hydrogens is 316 g/mol. The molecule has 0 spiro atoms. The van der Waals surface area contributed by atoms with Crippen LogP contribution in [0.4, 0.5) is 4.79 Å². The Bertz CT molecular complexity index is 708. The zero-order chi connectivity index (χ0) is 17.4. The van der Waals surface area contributed by atoms with Gasteiger partial charge in [0.2, 0.25) is 0 Å². The van der Waals surface area contributed by atoms with Gasteiger partial charge in [0.15, 0.2) is 0 Å². The number of carbonyl (C=O) groups excluding carboxylic acids is 1. The van der Waals surface area contributed by atoms with E-state index in [1.807, 2.05) is 11.8 Å². The number of urea groups is 1. The second kappa shape index (κ2) is 6.81. The fraction of sp³-hybridized carbons (Fsp3) is 0.737. The molecule has 1 saturated carbocycles. The topological polar surface area (TPSA) is 78.1 Å². The van der Waals surface area contributed by atoms with Crippen LogP contribution in [0, 0.1) is 0 Å². The fourth-order valence-electron chi connectivity index (χ4n) is 4.79. The number of nitrogens with zero attached hydrogens (tertiary/aromatic N) is 2. The third-order valence-corrected chi connectivity index (χ3v) is 6.14. The summed E-state index contributed by atoms with van der Waals surface area (Å²) in [6, 6.07) is 0.693. The number of amides is 2. The highest BCUT2D eigenvalue weighted by Crippen LogP contribution is 2.33. The molecule has 0 radical (unpaired) electrons. The van der Waals surface area contributed by atoms with Gasteiger partial charge in [-0.2, -0.15) is 0 Å². The molecule has 2 fully saturated rings. The Morgan fingerprint density at radius 2 is 1.88 bits per heavy atom. The molecule has 2 bridgehead atoms. The summed E-state index contributed by atoms with van der Waals surface area (Å²) in [6.07, 6.45) is 9.96. The summed E-state index contributed by atoms with van der Waals surface area (Å²) in [5, 5.41) is 3.26. The molecule has 2 N–H and O–H groups in total. The van der Waals surface area contributed by atoms with E-state index in [-0.39, 0.29) is 23.7 Å². The molecule has 2 aliphatic heterocycles. The number of fused-ring (bicyclic) bond motifs is 3. The monoisotopic (exact) mass is 344 g/mol. The van der Waals surface area contributed by atoms with Crippen LogP contribution >= 0.6 is 0 Å². The molecule has 1 aromatic heterocycles. The zero-order valence-electron chi connectivity index (χ0n) is 15.0. The molecule has 1 aromatic rings. The van der Waals surface area contributed by atoms with Gasteiger partial charge in [-0.3, -0.25) is 4.79 Å². The number of aromatic amines is 1. The molecule has 136 valence electrons. The molecular formula is C19H28N4O2. The summed E-state index contributed by atoms with van der Waals surface area (Å²) < 4.78 is 0. The van der Waals surface area contributed by atoms with Crippen molar-refractivity contribution in [3.05, 3.63) is 27.4 Å². The van der Waals surface area contributed by atoms with E-state index in [2.05, 4.69) is 15.3 Å². The molecule has 0 unspecified atom stereocenters. The Balaban J connectivity index is 1.55. The smallest absolute Gasteiger partial charge is 0.318 e. The zero-order valence-corrected chi connectivity index (χ0v) is 15.0. The summed E-state index contributed by atoms with van der Waals surface area (Å²) in [5.74, 6) is 0.750. The van der Waals surface area contributed by atoms with Gasteiger partial charge >= 0.3 is 6.03 Å². The molecule has 0 aromatic carbocycles. The van der Waals surface area contributed by atoms with Crippen LogP contribution in [0.25, 0.3) is 0 Å². The maximum absolute atomic E-state index is 12.9. The average molecular weight is 344 g/mol. The van der Waals surface area contributed by atoms with E-state index in [1.54, 1.807) is 0 Å². The number of hydrogen-bond acceptors (Lipinski definition) is 3. The highest BCUT2D eigenvalue weighted by molar-refractivity contribution is 5.76. The summed E-state index contributed by atoms with van der Waals surface area (Å²) in [4.78, 5) is 35.0. The van der Waals surface area contributed by atoms with Crippen LogP contribution < -0.4 is 10.9 Å². The molecule has 4 rings (SSSR count). The van der Waals surface area contributed by atoms with Crippen molar-refractivity contribution in [1.29, 1.82) is 0 Å². The van der Waals surface area contributed by atoms with Crippen LogP contribution in [-0.2, 0) is 19.3 Å². The van der Waals surface area contributed by atoms with Crippen LogP contribution in [0.2, 0.25) is 0 Å². The Labute approximate surface area is 148 Å². The molecule has 1 saturated heterocycles. The van der Waals surface area contributed by atoms with Crippen molar-refractivity contribution >= 4 is 6.03 Å². The van der Waals surface area contributed by atoms with E-state index in [9.17, 15) is 9.59 Å². The lowest BCUT2D eigenvalue weighted by atomic mass is 9.96. The standard InChI is InChI=1S/C19H28N4O2/c1-2-17-21-16-11-14-9-8-13(10-15(16)18(24)22-17)23(14)19(25)20-12-6-4-3-5-7-12/h12-14H,2-11H2,1H3,(H,20,25)(H,21,22,24)/t13-,14+/m1/s1. The van der Waals surface area contributed by atoms with Crippen molar-refractivity contribution in [2.75, 3.05) is 0 Å². The summed E-state index contributed by atoms with van der Waals surface area (Å²) in [5.41, 5.74) is 1.69. The molecule has 3 heterocycles. The first-order valence-electron chi connectivity index (χ1n) is 9.85. The van der Waals surface area contributed by atoms with E-state index in [0.717, 1.165) is 49.2 Å². The summed E-state index contributed by atoms with van der Waals surface area (Å²) in [7, 11) is 0. The van der Waals surface area contributed by atoms with Crippen molar-refractivity contribution in [2.45, 2.75) is 89.3 Å². The van der Waals surface area contributed by atoms with Crippen molar-refractivity contribution in [3.8, 4) is 0 Å². The van der Waals surface area contributed by atoms with Crippen LogP contribution in [0.15, 0.2) is 4.79 Å². The molecule has 6 nitrogen and oxygen atoms in total. The predicted octanol–water partition coefficient (Wildman–Crippen LogP) is 2.31. The summed E-state index contributed by atoms with van der Waals surface area (Å²) in [6.45, 7) is 2.00. The van der Waals surface area contributed by atoms with Gasteiger partial charge in [0.05, 0.1) is 5.69 Å². The van der Waals surface area contributed by atoms with Gasteiger partial charge in [0.25, 0.3) is 5.56 Å². The van der Waals surface area contributed by atoms with Crippen LogP contribution in [0.3, 0.4) is 0 Å². The van der Waals surface area contributed by atoms with Gasteiger partial charge in [0, 0.05) is 43.0 Å². The Morgan fingerprint density at radius 3 is 2.60 bits per heavy atom. The number of nitrogens with one attached hydrogen (secondary N) is 2. The average Bonchev–Trinajstić information content (AvgIpc) is 2.91. The Kier molecular flexibility index (Phi) is 4.52. The lowest BCUT2D eigenvalue weighted by Crippen LogP contribution is -2.50. The van der Waals surface area contributed by atoms with E-state index in [4.69, 9.17) is 0 Å². The van der Waals surface area contributed by atoms with Crippen molar-refractivity contribution in [2.24, 2.45) is 0 Å². The highest BCUT2D eigenvalue weighted by atomic mass is 16.2. The van der Waals surface area contributed by atoms with Crippen molar-refractivity contribution in [3.63, 3.8) is 0 Å². The number of H-pyrrole nitrogens is 1. The normalized spacial score (nSPS) is 26.2. The predicted molar refractivity (Wildman–Crippen MR) is 95.7 cm³/mol. The van der Waals surface area contributed by atoms with E-state index in [0.29, 0.717) is 18.9 Å². The summed E-state index contributed by atoms with van der Waals surface area (Å²) >= 11 is 0. The molecule has 2 amide bonds. The number of hydrogen-bond donors (Lipinski definition) is 2. The van der Waals surface area contributed by atoms with Gasteiger partial charge in [-0.15, -0.1) is 0 Å². The van der Waals surface area contributed by atoms with Gasteiger partial charge in [-0.05, 0) is 25.7 Å². The fourth-order valence-corrected chi connectivity index (χ4v) is 4.79. The number of rotatable bonds is 2. The maximum Gasteiger partial charge on any atom is 0.318 e. The first-order chi connectivity index (χ1) is 12.2. The SMILES string of the molecule is CCc1nc2c(c(=O)[nH]1)C[C@H]1CC[C@@H](C2)N1C(=O)NC1CCCCC1. The van der Waals surface area contributed by atoms with E-state index in [1.165, 1.54) is 19.3 Å². The van der Waals surface area contributed by atoms with Crippen LogP contribution in [-0.4, -0.2) is 39.0 Å². The van der Waals surface area contributed by atoms with E-state index < -0.39 is 0 Å². The molecule has 1 aliphatic carbocycles. The van der Waals surface area contributed by atoms with Gasteiger partial charge < -0.3 is 15.2 Å². The molecule has 6 heteroatoms. The van der Waals surface area contributed by atoms with Gasteiger partial charge in [0.1, 0.15) is 5.82 Å². The Morgan fingerprint density at radius 1 is 1.16 bits per heavy atom. The maximum atomic E-state index is 12.9. The highest BCUT2D eigenvalue weighted by Gasteiger charge is 2.41. The van der Waals surface area contributed by atoms with Crippen LogP contribution in [0.1, 0.15) is 69.0 Å². The van der Waals surface area contributed by atoms with Gasteiger partial charge in [-0.1, -0.05) is 26.2 Å². The minimum absolute atomic E-state index is 0.0120.